The Hall–Kier alpha value is -3.08. The highest BCUT2D eigenvalue weighted by molar-refractivity contribution is 5.94. The van der Waals surface area contributed by atoms with Crippen LogP contribution in [-0.2, 0) is 20.7 Å². The topological polar surface area (TPSA) is 64.6 Å². The third-order valence-corrected chi connectivity index (χ3v) is 3.52. The zero-order valence-electron chi connectivity index (χ0n) is 14.3. The number of hydrogen-bond acceptors (Lipinski definition) is 4. The van der Waals surface area contributed by atoms with Crippen LogP contribution in [0, 0.1) is 0 Å². The van der Waals surface area contributed by atoms with E-state index >= 15 is 0 Å². The molecule has 1 amide bonds. The van der Waals surface area contributed by atoms with Gasteiger partial charge >= 0.3 is 5.97 Å². The summed E-state index contributed by atoms with van der Waals surface area (Å²) >= 11 is 0. The Morgan fingerprint density at radius 3 is 2.32 bits per heavy atom. The Bertz CT molecular complexity index is 733. The maximum atomic E-state index is 11.8. The van der Waals surface area contributed by atoms with Crippen molar-refractivity contribution in [3.8, 4) is 5.75 Å². The SMILES string of the molecule is CCc1ccc(NC(=O)COC(=O)C=Cc2ccc(OC)cc2)cc1. The van der Waals surface area contributed by atoms with Crippen LogP contribution < -0.4 is 10.1 Å². The number of amides is 1. The molecule has 0 unspecified atom stereocenters. The molecular weight excluding hydrogens is 318 g/mol. The Morgan fingerprint density at radius 1 is 1.04 bits per heavy atom. The molecule has 0 aromatic heterocycles. The van der Waals surface area contributed by atoms with Crippen LogP contribution in [-0.4, -0.2) is 25.6 Å². The van der Waals surface area contributed by atoms with Gasteiger partial charge in [-0.3, -0.25) is 4.79 Å². The lowest BCUT2D eigenvalue weighted by atomic mass is 10.1. The Kier molecular flexibility index (Phi) is 6.77. The first kappa shape index (κ1) is 18.3. The maximum absolute atomic E-state index is 11.8. The quantitative estimate of drug-likeness (QED) is 0.620. The number of hydrogen-bond donors (Lipinski definition) is 1. The summed E-state index contributed by atoms with van der Waals surface area (Å²) in [7, 11) is 1.59. The largest absolute Gasteiger partial charge is 0.497 e. The lowest BCUT2D eigenvalue weighted by Crippen LogP contribution is -2.20. The number of ether oxygens (including phenoxy) is 2. The molecule has 0 aliphatic carbocycles. The van der Waals surface area contributed by atoms with Crippen molar-refractivity contribution in [3.63, 3.8) is 0 Å². The summed E-state index contributed by atoms with van der Waals surface area (Å²) in [6.07, 6.45) is 3.83. The predicted molar refractivity (Wildman–Crippen MR) is 97.4 cm³/mol. The van der Waals surface area contributed by atoms with Gasteiger partial charge in [-0.1, -0.05) is 31.2 Å². The molecule has 5 nitrogen and oxygen atoms in total. The molecule has 5 heteroatoms. The average Bonchev–Trinajstić information content (AvgIpc) is 2.65. The fourth-order valence-electron chi connectivity index (χ4n) is 2.08. The molecule has 130 valence electrons. The van der Waals surface area contributed by atoms with Gasteiger partial charge in [0.2, 0.25) is 0 Å². The van der Waals surface area contributed by atoms with Gasteiger partial charge < -0.3 is 14.8 Å². The van der Waals surface area contributed by atoms with E-state index < -0.39 is 5.97 Å². The second kappa shape index (κ2) is 9.27. The van der Waals surface area contributed by atoms with E-state index in [1.54, 1.807) is 25.3 Å². The van der Waals surface area contributed by atoms with Crippen molar-refractivity contribution >= 4 is 23.6 Å². The number of carbonyl (C=O) groups is 2. The first-order valence-corrected chi connectivity index (χ1v) is 7.98. The summed E-state index contributed by atoms with van der Waals surface area (Å²) in [5, 5.41) is 2.68. The fourth-order valence-corrected chi connectivity index (χ4v) is 2.08. The minimum atomic E-state index is -0.577. The molecule has 2 aromatic carbocycles. The molecule has 25 heavy (non-hydrogen) atoms. The second-order valence-electron chi connectivity index (χ2n) is 5.31. The van der Waals surface area contributed by atoms with Gasteiger partial charge in [0.25, 0.3) is 5.91 Å². The van der Waals surface area contributed by atoms with Crippen molar-refractivity contribution in [2.24, 2.45) is 0 Å². The molecule has 0 heterocycles. The van der Waals surface area contributed by atoms with E-state index in [1.165, 1.54) is 11.6 Å². The smallest absolute Gasteiger partial charge is 0.331 e. The van der Waals surface area contributed by atoms with Gasteiger partial charge in [-0.15, -0.1) is 0 Å². The van der Waals surface area contributed by atoms with E-state index in [4.69, 9.17) is 9.47 Å². The third kappa shape index (κ3) is 6.14. The molecule has 0 bridgehead atoms. The van der Waals surface area contributed by atoms with Crippen molar-refractivity contribution in [3.05, 3.63) is 65.7 Å². The van der Waals surface area contributed by atoms with Crippen LogP contribution in [0.3, 0.4) is 0 Å². The van der Waals surface area contributed by atoms with Crippen molar-refractivity contribution in [1.29, 1.82) is 0 Å². The number of carbonyl (C=O) groups excluding carboxylic acids is 2. The number of benzene rings is 2. The second-order valence-corrected chi connectivity index (χ2v) is 5.31. The van der Waals surface area contributed by atoms with Gasteiger partial charge in [-0.25, -0.2) is 4.79 Å². The van der Waals surface area contributed by atoms with Gasteiger partial charge in [-0.2, -0.15) is 0 Å². The van der Waals surface area contributed by atoms with E-state index in [9.17, 15) is 9.59 Å². The number of esters is 1. The minimum Gasteiger partial charge on any atom is -0.497 e. The van der Waals surface area contributed by atoms with Gasteiger partial charge in [0, 0.05) is 11.8 Å². The molecular formula is C20H21NO4. The summed E-state index contributed by atoms with van der Waals surface area (Å²) in [5.41, 5.74) is 2.69. The zero-order valence-corrected chi connectivity index (χ0v) is 14.3. The highest BCUT2D eigenvalue weighted by Crippen LogP contribution is 2.12. The monoisotopic (exact) mass is 339 g/mol. The van der Waals surface area contributed by atoms with Crippen LogP contribution in [0.25, 0.3) is 6.08 Å². The van der Waals surface area contributed by atoms with Crippen molar-refractivity contribution in [1.82, 2.24) is 0 Å². The van der Waals surface area contributed by atoms with Crippen LogP contribution in [0.5, 0.6) is 5.75 Å². The third-order valence-electron chi connectivity index (χ3n) is 3.52. The fraction of sp³-hybridized carbons (Fsp3) is 0.200. The van der Waals surface area contributed by atoms with Crippen molar-refractivity contribution < 1.29 is 19.1 Å². The number of methoxy groups -OCH3 is 1. The zero-order chi connectivity index (χ0) is 18.1. The Labute approximate surface area is 147 Å². The normalized spacial score (nSPS) is 10.5. The highest BCUT2D eigenvalue weighted by atomic mass is 16.5. The van der Waals surface area contributed by atoms with E-state index in [1.807, 2.05) is 36.4 Å². The lowest BCUT2D eigenvalue weighted by Gasteiger charge is -2.06. The standard InChI is InChI=1S/C20H21NO4/c1-3-15-4-9-17(10-5-15)21-19(22)14-25-20(23)13-8-16-6-11-18(24-2)12-7-16/h4-13H,3,14H2,1-2H3,(H,21,22). The number of anilines is 1. The van der Waals surface area contributed by atoms with Gasteiger partial charge in [0.1, 0.15) is 5.75 Å². The Morgan fingerprint density at radius 2 is 1.72 bits per heavy atom. The number of rotatable bonds is 7. The molecule has 0 fully saturated rings. The molecule has 0 saturated heterocycles. The lowest BCUT2D eigenvalue weighted by molar-refractivity contribution is -0.142. The molecule has 0 spiro atoms. The van der Waals surface area contributed by atoms with E-state index in [-0.39, 0.29) is 12.5 Å². The molecule has 0 aliphatic heterocycles. The van der Waals surface area contributed by atoms with E-state index in [0.29, 0.717) is 5.69 Å². The maximum Gasteiger partial charge on any atom is 0.331 e. The summed E-state index contributed by atoms with van der Waals surface area (Å²) in [6, 6.07) is 14.7. The molecule has 2 aromatic rings. The molecule has 0 atom stereocenters. The first-order valence-electron chi connectivity index (χ1n) is 7.98. The summed E-state index contributed by atoms with van der Waals surface area (Å²) in [5.74, 6) is -0.217. The number of aryl methyl sites for hydroxylation is 1. The summed E-state index contributed by atoms with van der Waals surface area (Å²) < 4.78 is 9.99. The molecule has 1 N–H and O–H groups in total. The van der Waals surface area contributed by atoms with Crippen LogP contribution in [0.15, 0.2) is 54.6 Å². The van der Waals surface area contributed by atoms with Crippen molar-refractivity contribution in [2.45, 2.75) is 13.3 Å². The highest BCUT2D eigenvalue weighted by Gasteiger charge is 2.05. The van der Waals surface area contributed by atoms with Crippen LogP contribution in [0.2, 0.25) is 0 Å². The Balaban J connectivity index is 1.77. The summed E-state index contributed by atoms with van der Waals surface area (Å²) in [6.45, 7) is 1.73. The molecule has 2 rings (SSSR count). The van der Waals surface area contributed by atoms with E-state index in [0.717, 1.165) is 17.7 Å². The molecule has 0 radical (unpaired) electrons. The van der Waals surface area contributed by atoms with Gasteiger partial charge in [-0.05, 0) is 47.9 Å². The summed E-state index contributed by atoms with van der Waals surface area (Å²) in [4.78, 5) is 23.5. The average molecular weight is 339 g/mol. The minimum absolute atomic E-state index is 0.332. The predicted octanol–water partition coefficient (Wildman–Crippen LogP) is 3.45. The molecule has 0 aliphatic rings. The van der Waals surface area contributed by atoms with Crippen LogP contribution in [0.4, 0.5) is 5.69 Å². The first-order chi connectivity index (χ1) is 12.1. The van der Waals surface area contributed by atoms with Crippen LogP contribution >= 0.6 is 0 Å². The van der Waals surface area contributed by atoms with Gasteiger partial charge in [0.05, 0.1) is 7.11 Å². The van der Waals surface area contributed by atoms with Gasteiger partial charge in [0.15, 0.2) is 6.61 Å². The molecule has 0 saturated carbocycles. The van der Waals surface area contributed by atoms with E-state index in [2.05, 4.69) is 12.2 Å². The van der Waals surface area contributed by atoms with Crippen LogP contribution in [0.1, 0.15) is 18.1 Å². The van der Waals surface area contributed by atoms with Crippen molar-refractivity contribution in [2.75, 3.05) is 19.0 Å². The number of nitrogens with one attached hydrogen (secondary N) is 1.